The van der Waals surface area contributed by atoms with Crippen molar-refractivity contribution in [1.82, 2.24) is 10.6 Å². The van der Waals surface area contributed by atoms with Crippen molar-refractivity contribution >= 4 is 17.7 Å². The SMILES string of the molecule is CCC(CSC)NCCNC(C)=O. The highest BCUT2D eigenvalue weighted by Crippen LogP contribution is 1.99. The van der Waals surface area contributed by atoms with Gasteiger partial charge in [0.15, 0.2) is 0 Å². The van der Waals surface area contributed by atoms with Crippen LogP contribution in [0, 0.1) is 0 Å². The average Bonchev–Trinajstić information content (AvgIpc) is 2.10. The number of hydrogen-bond donors (Lipinski definition) is 2. The molecule has 0 aliphatic rings. The second-order valence-electron chi connectivity index (χ2n) is 3.00. The summed E-state index contributed by atoms with van der Waals surface area (Å²) in [5.41, 5.74) is 0. The minimum atomic E-state index is 0.0414. The number of thioether (sulfide) groups is 1. The minimum absolute atomic E-state index is 0.0414. The Morgan fingerprint density at radius 1 is 1.46 bits per heavy atom. The largest absolute Gasteiger partial charge is 0.355 e. The van der Waals surface area contributed by atoms with Crippen LogP contribution in [0.4, 0.5) is 0 Å². The van der Waals surface area contributed by atoms with Crippen LogP contribution < -0.4 is 10.6 Å². The standard InChI is InChI=1S/C9H20N2OS/c1-4-9(7-13-3)11-6-5-10-8(2)12/h9,11H,4-7H2,1-3H3,(H,10,12). The van der Waals surface area contributed by atoms with Crippen LogP contribution in [0.1, 0.15) is 20.3 Å². The van der Waals surface area contributed by atoms with Gasteiger partial charge in [-0.25, -0.2) is 0 Å². The van der Waals surface area contributed by atoms with E-state index < -0.39 is 0 Å². The zero-order valence-electron chi connectivity index (χ0n) is 8.72. The molecule has 0 radical (unpaired) electrons. The summed E-state index contributed by atoms with van der Waals surface area (Å²) in [7, 11) is 0. The van der Waals surface area contributed by atoms with Gasteiger partial charge in [-0.3, -0.25) is 4.79 Å². The maximum Gasteiger partial charge on any atom is 0.216 e. The lowest BCUT2D eigenvalue weighted by molar-refractivity contribution is -0.118. The molecular formula is C9H20N2OS. The molecule has 0 fully saturated rings. The lowest BCUT2D eigenvalue weighted by atomic mass is 10.2. The molecule has 0 saturated carbocycles. The Morgan fingerprint density at radius 2 is 2.15 bits per heavy atom. The summed E-state index contributed by atoms with van der Waals surface area (Å²) in [6.07, 6.45) is 3.25. The van der Waals surface area contributed by atoms with Crippen LogP contribution in [0.5, 0.6) is 0 Å². The highest BCUT2D eigenvalue weighted by Gasteiger charge is 2.02. The van der Waals surface area contributed by atoms with Gasteiger partial charge < -0.3 is 10.6 Å². The Labute approximate surface area is 85.0 Å². The quantitative estimate of drug-likeness (QED) is 0.604. The van der Waals surface area contributed by atoms with E-state index in [4.69, 9.17) is 0 Å². The van der Waals surface area contributed by atoms with Crippen LogP contribution in [-0.2, 0) is 4.79 Å². The molecule has 0 aliphatic carbocycles. The van der Waals surface area contributed by atoms with Gasteiger partial charge in [0.25, 0.3) is 0 Å². The van der Waals surface area contributed by atoms with E-state index in [2.05, 4.69) is 23.8 Å². The maximum atomic E-state index is 10.5. The zero-order valence-corrected chi connectivity index (χ0v) is 9.54. The van der Waals surface area contributed by atoms with Gasteiger partial charge in [0.2, 0.25) is 5.91 Å². The molecule has 0 rings (SSSR count). The molecule has 0 aromatic carbocycles. The molecule has 0 aromatic rings. The van der Waals surface area contributed by atoms with Crippen molar-refractivity contribution in [1.29, 1.82) is 0 Å². The van der Waals surface area contributed by atoms with E-state index >= 15 is 0 Å². The van der Waals surface area contributed by atoms with Crippen LogP contribution in [0.15, 0.2) is 0 Å². The first-order valence-corrected chi connectivity index (χ1v) is 6.06. The van der Waals surface area contributed by atoms with Gasteiger partial charge in [-0.05, 0) is 12.7 Å². The predicted molar refractivity (Wildman–Crippen MR) is 59.1 cm³/mol. The fourth-order valence-electron chi connectivity index (χ4n) is 1.04. The van der Waals surface area contributed by atoms with Crippen molar-refractivity contribution in [2.75, 3.05) is 25.1 Å². The minimum Gasteiger partial charge on any atom is -0.355 e. The highest BCUT2D eigenvalue weighted by atomic mass is 32.2. The van der Waals surface area contributed by atoms with Crippen LogP contribution in [0.25, 0.3) is 0 Å². The highest BCUT2D eigenvalue weighted by molar-refractivity contribution is 7.98. The van der Waals surface area contributed by atoms with E-state index in [1.807, 2.05) is 11.8 Å². The molecule has 78 valence electrons. The van der Waals surface area contributed by atoms with Crippen molar-refractivity contribution in [3.63, 3.8) is 0 Å². The monoisotopic (exact) mass is 204 g/mol. The van der Waals surface area contributed by atoms with Gasteiger partial charge >= 0.3 is 0 Å². The number of amides is 1. The molecule has 0 spiro atoms. The van der Waals surface area contributed by atoms with Gasteiger partial charge in [-0.1, -0.05) is 6.92 Å². The number of carbonyl (C=O) groups excluding carboxylic acids is 1. The van der Waals surface area contributed by atoms with Crippen molar-refractivity contribution in [2.45, 2.75) is 26.3 Å². The number of carbonyl (C=O) groups is 1. The summed E-state index contributed by atoms with van der Waals surface area (Å²) in [4.78, 5) is 10.5. The van der Waals surface area contributed by atoms with Crippen LogP contribution >= 0.6 is 11.8 Å². The molecule has 2 N–H and O–H groups in total. The molecule has 13 heavy (non-hydrogen) atoms. The van der Waals surface area contributed by atoms with E-state index in [0.717, 1.165) is 25.3 Å². The molecule has 1 amide bonds. The smallest absolute Gasteiger partial charge is 0.216 e. The van der Waals surface area contributed by atoms with Gasteiger partial charge in [0, 0.05) is 31.8 Å². The first-order valence-electron chi connectivity index (χ1n) is 4.67. The van der Waals surface area contributed by atoms with Gasteiger partial charge in [-0.2, -0.15) is 11.8 Å². The van der Waals surface area contributed by atoms with Gasteiger partial charge in [-0.15, -0.1) is 0 Å². The Morgan fingerprint density at radius 3 is 2.62 bits per heavy atom. The van der Waals surface area contributed by atoms with E-state index in [0.29, 0.717) is 6.04 Å². The molecule has 1 unspecified atom stereocenters. The van der Waals surface area contributed by atoms with Crippen molar-refractivity contribution in [3.05, 3.63) is 0 Å². The van der Waals surface area contributed by atoms with Gasteiger partial charge in [0.1, 0.15) is 0 Å². The summed E-state index contributed by atoms with van der Waals surface area (Å²) >= 11 is 1.85. The molecule has 0 aliphatic heterocycles. The molecule has 4 heteroatoms. The van der Waals surface area contributed by atoms with Crippen molar-refractivity contribution in [2.24, 2.45) is 0 Å². The van der Waals surface area contributed by atoms with E-state index in [9.17, 15) is 4.79 Å². The molecule has 0 bridgehead atoms. The Kier molecular flexibility index (Phi) is 8.24. The van der Waals surface area contributed by atoms with E-state index in [1.165, 1.54) is 0 Å². The lowest BCUT2D eigenvalue weighted by Crippen LogP contribution is -2.37. The lowest BCUT2D eigenvalue weighted by Gasteiger charge is -2.15. The van der Waals surface area contributed by atoms with Crippen LogP contribution in [0.3, 0.4) is 0 Å². The normalized spacial score (nSPS) is 12.5. The number of hydrogen-bond acceptors (Lipinski definition) is 3. The molecule has 1 atom stereocenters. The first kappa shape index (κ1) is 12.8. The van der Waals surface area contributed by atoms with Gasteiger partial charge in [0.05, 0.1) is 0 Å². The third kappa shape index (κ3) is 8.12. The van der Waals surface area contributed by atoms with Crippen molar-refractivity contribution in [3.8, 4) is 0 Å². The molecular weight excluding hydrogens is 184 g/mol. The van der Waals surface area contributed by atoms with Crippen molar-refractivity contribution < 1.29 is 4.79 Å². The predicted octanol–water partition coefficient (Wildman–Crippen LogP) is 0.854. The second-order valence-corrected chi connectivity index (χ2v) is 3.91. The van der Waals surface area contributed by atoms with Crippen LogP contribution in [0.2, 0.25) is 0 Å². The van der Waals surface area contributed by atoms with Crippen LogP contribution in [-0.4, -0.2) is 37.0 Å². The topological polar surface area (TPSA) is 41.1 Å². The first-order chi connectivity index (χ1) is 6.20. The molecule has 0 heterocycles. The second kappa shape index (κ2) is 8.38. The summed E-state index contributed by atoms with van der Waals surface area (Å²) in [5, 5.41) is 6.15. The fourth-order valence-corrected chi connectivity index (χ4v) is 1.79. The third-order valence-electron chi connectivity index (χ3n) is 1.79. The Hall–Kier alpha value is -0.220. The number of nitrogens with one attached hydrogen (secondary N) is 2. The summed E-state index contributed by atoms with van der Waals surface area (Å²) in [6, 6.07) is 0.573. The molecule has 0 saturated heterocycles. The number of rotatable bonds is 7. The summed E-state index contributed by atoms with van der Waals surface area (Å²) in [5.74, 6) is 1.18. The fraction of sp³-hybridized carbons (Fsp3) is 0.889. The van der Waals surface area contributed by atoms with E-state index in [1.54, 1.807) is 6.92 Å². The Bertz CT molecular complexity index is 142. The average molecular weight is 204 g/mol. The Balaban J connectivity index is 3.32. The summed E-state index contributed by atoms with van der Waals surface area (Å²) < 4.78 is 0. The maximum absolute atomic E-state index is 10.5. The third-order valence-corrected chi connectivity index (χ3v) is 2.53. The van der Waals surface area contributed by atoms with E-state index in [-0.39, 0.29) is 5.91 Å². The molecule has 0 aromatic heterocycles. The summed E-state index contributed by atoms with van der Waals surface area (Å²) in [6.45, 7) is 5.30. The molecule has 3 nitrogen and oxygen atoms in total. The zero-order chi connectivity index (χ0) is 10.1.